The maximum absolute atomic E-state index is 12.5. The van der Waals surface area contributed by atoms with Gasteiger partial charge in [0.2, 0.25) is 0 Å². The fourth-order valence-electron chi connectivity index (χ4n) is 2.53. The second-order valence-corrected chi connectivity index (χ2v) is 6.39. The van der Waals surface area contributed by atoms with Gasteiger partial charge in [-0.3, -0.25) is 25.0 Å². The van der Waals surface area contributed by atoms with Gasteiger partial charge in [-0.05, 0) is 12.1 Å². The van der Waals surface area contributed by atoms with Crippen molar-refractivity contribution in [1.82, 2.24) is 4.57 Å². The van der Waals surface area contributed by atoms with E-state index in [-0.39, 0.29) is 21.7 Å². The second kappa shape index (κ2) is 7.30. The van der Waals surface area contributed by atoms with Crippen LogP contribution in [-0.4, -0.2) is 20.3 Å². The fraction of sp³-hybridized carbons (Fsp3) is 0.0588. The van der Waals surface area contributed by atoms with Crippen LogP contribution in [0.25, 0.3) is 10.2 Å². The van der Waals surface area contributed by atoms with Crippen molar-refractivity contribution in [2.45, 2.75) is 6.54 Å². The number of carbonyl (C=O) groups excluding carboxylic acids is 1. The van der Waals surface area contributed by atoms with Crippen molar-refractivity contribution < 1.29 is 14.6 Å². The van der Waals surface area contributed by atoms with Crippen LogP contribution in [0, 0.1) is 20.2 Å². The van der Waals surface area contributed by atoms with E-state index in [1.807, 2.05) is 0 Å². The normalized spacial score (nSPS) is 11.5. The van der Waals surface area contributed by atoms with Crippen LogP contribution in [0.4, 0.5) is 11.4 Å². The molecule has 0 radical (unpaired) electrons. The molecule has 1 heterocycles. The van der Waals surface area contributed by atoms with Crippen molar-refractivity contribution in [3.63, 3.8) is 0 Å². The number of allylic oxidation sites excluding steroid dienone is 1. The summed E-state index contributed by atoms with van der Waals surface area (Å²) < 4.78 is 2.24. The first kappa shape index (κ1) is 18.1. The second-order valence-electron chi connectivity index (χ2n) is 5.38. The summed E-state index contributed by atoms with van der Waals surface area (Å²) in [6, 6.07) is 9.88. The number of benzene rings is 2. The van der Waals surface area contributed by atoms with Gasteiger partial charge in [0.25, 0.3) is 17.3 Å². The number of thiazole rings is 1. The molecule has 0 unspecified atom stereocenters. The van der Waals surface area contributed by atoms with Crippen LogP contribution in [-0.2, 0) is 6.54 Å². The molecule has 0 saturated heterocycles. The van der Waals surface area contributed by atoms with Crippen molar-refractivity contribution in [3.05, 3.63) is 85.7 Å². The Kier molecular flexibility index (Phi) is 4.90. The van der Waals surface area contributed by atoms with Crippen LogP contribution >= 0.6 is 11.3 Å². The number of para-hydroxylation sites is 1. The summed E-state index contributed by atoms with van der Waals surface area (Å²) in [7, 11) is 0. The Morgan fingerprint density at radius 1 is 1.19 bits per heavy atom. The predicted molar refractivity (Wildman–Crippen MR) is 99.7 cm³/mol. The Bertz CT molecular complexity index is 1160. The zero-order valence-corrected chi connectivity index (χ0v) is 14.6. The molecule has 0 bridgehead atoms. The number of fused-ring (bicyclic) bond motifs is 1. The van der Waals surface area contributed by atoms with E-state index in [1.165, 1.54) is 36.4 Å². The van der Waals surface area contributed by atoms with E-state index in [1.54, 1.807) is 16.7 Å². The molecule has 0 atom stereocenters. The molecule has 2 aromatic carbocycles. The van der Waals surface area contributed by atoms with Crippen molar-refractivity contribution in [2.75, 3.05) is 0 Å². The van der Waals surface area contributed by atoms with E-state index >= 15 is 0 Å². The van der Waals surface area contributed by atoms with Gasteiger partial charge in [0.15, 0.2) is 4.80 Å². The number of nitro benzene ring substituents is 2. The molecule has 3 aromatic rings. The molecule has 0 fully saturated rings. The number of nitro groups is 2. The molecular formula is C17H12N4O5S. The molecule has 1 amide bonds. The average molecular weight is 384 g/mol. The molecule has 3 rings (SSSR count). The zero-order chi connectivity index (χ0) is 19.6. The third kappa shape index (κ3) is 3.51. The summed E-state index contributed by atoms with van der Waals surface area (Å²) in [4.78, 5) is 37.8. The largest absolute Gasteiger partial charge is 0.312 e. The molecule has 0 N–H and O–H groups in total. The first-order chi connectivity index (χ1) is 12.9. The highest BCUT2D eigenvalue weighted by Crippen LogP contribution is 2.24. The molecule has 0 aliphatic heterocycles. The van der Waals surface area contributed by atoms with Gasteiger partial charge in [-0.2, -0.15) is 4.99 Å². The summed E-state index contributed by atoms with van der Waals surface area (Å²) in [5.74, 6) is -0.763. The first-order valence-corrected chi connectivity index (χ1v) is 8.45. The molecule has 10 heteroatoms. The fourth-order valence-corrected chi connectivity index (χ4v) is 3.60. The number of carbonyl (C=O) groups is 1. The van der Waals surface area contributed by atoms with Crippen LogP contribution in [0.2, 0.25) is 0 Å². The lowest BCUT2D eigenvalue weighted by Gasteiger charge is -2.01. The number of non-ortho nitro benzene ring substituents is 1. The van der Waals surface area contributed by atoms with Gasteiger partial charge in [0, 0.05) is 24.7 Å². The molecule has 0 aliphatic carbocycles. The van der Waals surface area contributed by atoms with Gasteiger partial charge in [-0.25, -0.2) is 0 Å². The number of rotatable bonds is 5. The van der Waals surface area contributed by atoms with Crippen LogP contribution in [0.3, 0.4) is 0 Å². The van der Waals surface area contributed by atoms with Gasteiger partial charge in [0.1, 0.15) is 5.56 Å². The highest BCUT2D eigenvalue weighted by molar-refractivity contribution is 7.16. The molecule has 1 aromatic heterocycles. The minimum absolute atomic E-state index is 0.0777. The Labute approximate surface area is 155 Å². The quantitative estimate of drug-likeness (QED) is 0.379. The lowest BCUT2D eigenvalue weighted by molar-refractivity contribution is -0.385. The van der Waals surface area contributed by atoms with E-state index in [9.17, 15) is 25.0 Å². The summed E-state index contributed by atoms with van der Waals surface area (Å²) in [6.45, 7) is 3.98. The number of hydrogen-bond donors (Lipinski definition) is 0. The standard InChI is InChI=1S/C17H12N4O5S/c1-2-9-19-14-8-7-11(20(23)24)10-15(14)27-17(19)18-16(22)12-5-3-4-6-13(12)21(25)26/h2-8,10H,1,9H2. The third-order valence-corrected chi connectivity index (χ3v) is 4.76. The van der Waals surface area contributed by atoms with E-state index < -0.39 is 15.8 Å². The van der Waals surface area contributed by atoms with E-state index in [0.29, 0.717) is 16.8 Å². The summed E-state index contributed by atoms with van der Waals surface area (Å²) in [5, 5.41) is 22.1. The summed E-state index contributed by atoms with van der Waals surface area (Å²) in [5.41, 5.74) is 0.111. The molecule has 136 valence electrons. The molecule has 0 spiro atoms. The predicted octanol–water partition coefficient (Wildman–Crippen LogP) is 3.45. The molecule has 0 saturated carbocycles. The van der Waals surface area contributed by atoms with Crippen LogP contribution < -0.4 is 4.80 Å². The molecule has 27 heavy (non-hydrogen) atoms. The summed E-state index contributed by atoms with van der Waals surface area (Å²) in [6.07, 6.45) is 1.60. The van der Waals surface area contributed by atoms with Crippen LogP contribution in [0.15, 0.2) is 60.1 Å². The van der Waals surface area contributed by atoms with Gasteiger partial charge in [0.05, 0.1) is 20.1 Å². The van der Waals surface area contributed by atoms with Gasteiger partial charge < -0.3 is 4.57 Å². The highest BCUT2D eigenvalue weighted by Gasteiger charge is 2.19. The van der Waals surface area contributed by atoms with Crippen molar-refractivity contribution >= 4 is 38.8 Å². The molecular weight excluding hydrogens is 372 g/mol. The lowest BCUT2D eigenvalue weighted by Crippen LogP contribution is -2.16. The van der Waals surface area contributed by atoms with Crippen molar-refractivity contribution in [1.29, 1.82) is 0 Å². The SMILES string of the molecule is C=CCn1c(=NC(=O)c2ccccc2[N+](=O)[O-])sc2cc([N+](=O)[O-])ccc21. The minimum atomic E-state index is -0.763. The smallest absolute Gasteiger partial charge is 0.286 e. The topological polar surface area (TPSA) is 121 Å². The van der Waals surface area contributed by atoms with E-state index in [4.69, 9.17) is 0 Å². The van der Waals surface area contributed by atoms with Gasteiger partial charge in [-0.15, -0.1) is 6.58 Å². The number of nitrogens with zero attached hydrogens (tertiary/aromatic N) is 4. The Morgan fingerprint density at radius 2 is 1.93 bits per heavy atom. The highest BCUT2D eigenvalue weighted by atomic mass is 32.1. The van der Waals surface area contributed by atoms with Crippen LogP contribution in [0.5, 0.6) is 0 Å². The zero-order valence-electron chi connectivity index (χ0n) is 13.8. The Hall–Kier alpha value is -3.66. The average Bonchev–Trinajstić information content (AvgIpc) is 2.98. The minimum Gasteiger partial charge on any atom is -0.312 e. The maximum atomic E-state index is 12.5. The van der Waals surface area contributed by atoms with Gasteiger partial charge in [-0.1, -0.05) is 29.5 Å². The van der Waals surface area contributed by atoms with Crippen molar-refractivity contribution in [2.24, 2.45) is 4.99 Å². The number of amides is 1. The Morgan fingerprint density at radius 3 is 2.59 bits per heavy atom. The summed E-state index contributed by atoms with van der Waals surface area (Å²) >= 11 is 1.09. The van der Waals surface area contributed by atoms with Crippen LogP contribution in [0.1, 0.15) is 10.4 Å². The lowest BCUT2D eigenvalue weighted by atomic mass is 10.2. The number of hydrogen-bond acceptors (Lipinski definition) is 6. The van der Waals surface area contributed by atoms with Crippen molar-refractivity contribution in [3.8, 4) is 0 Å². The first-order valence-electron chi connectivity index (χ1n) is 7.63. The van der Waals surface area contributed by atoms with E-state index in [2.05, 4.69) is 11.6 Å². The third-order valence-electron chi connectivity index (χ3n) is 3.72. The molecule has 9 nitrogen and oxygen atoms in total. The van der Waals surface area contributed by atoms with E-state index in [0.717, 1.165) is 11.3 Å². The maximum Gasteiger partial charge on any atom is 0.286 e. The monoisotopic (exact) mass is 384 g/mol. The Balaban J connectivity index is 2.19. The van der Waals surface area contributed by atoms with Gasteiger partial charge >= 0.3 is 0 Å². The molecule has 0 aliphatic rings. The number of aromatic nitrogens is 1.